The van der Waals surface area contributed by atoms with Crippen molar-refractivity contribution in [3.8, 4) is 0 Å². The van der Waals surface area contributed by atoms with Gasteiger partial charge in [0.15, 0.2) is 0 Å². The molecule has 0 amide bonds. The molecule has 0 aromatic heterocycles. The molecule has 0 fully saturated rings. The Morgan fingerprint density at radius 2 is 0.429 bits per heavy atom. The van der Waals surface area contributed by atoms with Crippen LogP contribution in [0.5, 0.6) is 0 Å². The normalized spacial score (nSPS) is 0. The molecule has 0 aromatic carbocycles. The summed E-state index contributed by atoms with van der Waals surface area (Å²) in [6.45, 7) is 0. The van der Waals surface area contributed by atoms with Crippen molar-refractivity contribution in [2.45, 2.75) is 0 Å². The van der Waals surface area contributed by atoms with Crippen LogP contribution >= 0.6 is 0 Å². The molecule has 0 heterocycles. The molecule has 0 bridgehead atoms. The predicted octanol–water partition coefficient (Wildman–Crippen LogP) is -9.29. The van der Waals surface area contributed by atoms with Crippen LogP contribution < -0.4 is 37.7 Å². The van der Waals surface area contributed by atoms with Crippen LogP contribution in [0.3, 0.4) is 0 Å². The van der Waals surface area contributed by atoms with E-state index in [9.17, 15) is 0 Å². The molecule has 0 atom stereocenters. The molecule has 0 spiro atoms. The third kappa shape index (κ3) is 85.2. The third-order valence-corrected chi connectivity index (χ3v) is 0. The molecule has 0 aliphatic carbocycles. The zero-order valence-electron chi connectivity index (χ0n) is 4.41. The summed E-state index contributed by atoms with van der Waals surface area (Å²) in [4.78, 5) is 0. The Bertz CT molecular complexity index is 9.65. The maximum atomic E-state index is 0. The van der Waals surface area contributed by atoms with E-state index in [2.05, 4.69) is 0 Å². The van der Waals surface area contributed by atoms with Gasteiger partial charge in [-0.2, -0.15) is 0 Å². The Balaban J connectivity index is 0. The van der Waals surface area contributed by atoms with Crippen molar-refractivity contribution in [1.29, 1.82) is 0 Å². The van der Waals surface area contributed by atoms with E-state index in [1.54, 1.807) is 0 Å². The van der Waals surface area contributed by atoms with E-state index < -0.39 is 0 Å². The van der Waals surface area contributed by atoms with Crippen LogP contribution in [-0.2, 0) is 21.1 Å². The van der Waals surface area contributed by atoms with Crippen LogP contribution in [0.25, 0.3) is 0 Å². The van der Waals surface area contributed by atoms with Gasteiger partial charge in [-0.1, -0.05) is 0 Å². The van der Waals surface area contributed by atoms with Gasteiger partial charge in [0.05, 0.1) is 0 Å². The van der Waals surface area contributed by atoms with E-state index in [0.29, 0.717) is 0 Å². The van der Waals surface area contributed by atoms with E-state index in [1.165, 1.54) is 0 Å². The summed E-state index contributed by atoms with van der Waals surface area (Å²) < 4.78 is 0. The Labute approximate surface area is 80.3 Å². The fourth-order valence-electron chi connectivity index (χ4n) is 0. The SMILES string of the molecule is O.O.O.O.[Li+].[Li+].[W]. The van der Waals surface area contributed by atoms with Gasteiger partial charge >= 0.3 is 37.7 Å². The van der Waals surface area contributed by atoms with E-state index in [0.717, 1.165) is 0 Å². The Morgan fingerprint density at radius 3 is 0.429 bits per heavy atom. The number of hydrogen-bond acceptors (Lipinski definition) is 0. The number of rotatable bonds is 0. The summed E-state index contributed by atoms with van der Waals surface area (Å²) in [6.07, 6.45) is 0. The van der Waals surface area contributed by atoms with Gasteiger partial charge in [-0.3, -0.25) is 0 Å². The van der Waals surface area contributed by atoms with Gasteiger partial charge in [-0.05, 0) is 0 Å². The predicted molar refractivity (Wildman–Crippen MR) is 14.5 cm³/mol. The van der Waals surface area contributed by atoms with Gasteiger partial charge in [-0.25, -0.2) is 0 Å². The standard InChI is InChI=1S/2Li.4H2O.W/h;;4*1H2;/q2*+1;;;;;. The van der Waals surface area contributed by atoms with Crippen molar-refractivity contribution >= 4 is 0 Å². The first-order chi connectivity index (χ1) is 0. The quantitative estimate of drug-likeness (QED) is 0.387. The summed E-state index contributed by atoms with van der Waals surface area (Å²) in [7, 11) is 0. The Morgan fingerprint density at radius 1 is 0.429 bits per heavy atom. The molecular formula is H8Li2O4W+2. The van der Waals surface area contributed by atoms with Gasteiger partial charge in [-0.15, -0.1) is 0 Å². The van der Waals surface area contributed by atoms with Crippen LogP contribution in [0.4, 0.5) is 0 Å². The van der Waals surface area contributed by atoms with Gasteiger partial charge < -0.3 is 21.9 Å². The van der Waals surface area contributed by atoms with E-state index in [4.69, 9.17) is 0 Å². The third-order valence-electron chi connectivity index (χ3n) is 0. The molecule has 0 unspecified atom stereocenters. The summed E-state index contributed by atoms with van der Waals surface area (Å²) >= 11 is 0. The van der Waals surface area contributed by atoms with Gasteiger partial charge in [0.25, 0.3) is 0 Å². The minimum absolute atomic E-state index is 0. The molecule has 0 saturated heterocycles. The minimum Gasteiger partial charge on any atom is -0.412 e. The van der Waals surface area contributed by atoms with Crippen LogP contribution in [-0.4, -0.2) is 21.9 Å². The summed E-state index contributed by atoms with van der Waals surface area (Å²) in [5.74, 6) is 0. The fraction of sp³-hybridized carbons (Fsp3) is 0. The smallest absolute Gasteiger partial charge is 0.412 e. The topological polar surface area (TPSA) is 126 Å². The largest absolute Gasteiger partial charge is 1.00 e. The van der Waals surface area contributed by atoms with Crippen molar-refractivity contribution in [1.82, 2.24) is 0 Å². The molecule has 0 rings (SSSR count). The molecule has 38 valence electrons. The van der Waals surface area contributed by atoms with Crippen molar-refractivity contribution in [3.63, 3.8) is 0 Å². The van der Waals surface area contributed by atoms with Crippen molar-refractivity contribution < 1.29 is 80.7 Å². The number of hydrogen-bond donors (Lipinski definition) is 0. The first-order valence-electron chi connectivity index (χ1n) is 0. The Kier molecular flexibility index (Phi) is 2940. The average molecular weight is 270 g/mol. The first kappa shape index (κ1) is 175. The molecule has 7 heteroatoms. The van der Waals surface area contributed by atoms with Crippen LogP contribution in [0.1, 0.15) is 0 Å². The van der Waals surface area contributed by atoms with Gasteiger partial charge in [0, 0.05) is 21.1 Å². The van der Waals surface area contributed by atoms with Gasteiger partial charge in [0.1, 0.15) is 0 Å². The zero-order valence-corrected chi connectivity index (χ0v) is 7.34. The zero-order chi connectivity index (χ0) is 0. The van der Waals surface area contributed by atoms with E-state index in [1.807, 2.05) is 0 Å². The van der Waals surface area contributed by atoms with Crippen LogP contribution in [0.15, 0.2) is 0 Å². The molecule has 0 radical (unpaired) electrons. The summed E-state index contributed by atoms with van der Waals surface area (Å²) in [5, 5.41) is 0. The second-order valence-corrected chi connectivity index (χ2v) is 0. The van der Waals surface area contributed by atoms with Crippen molar-refractivity contribution in [3.05, 3.63) is 0 Å². The average Bonchev–Trinajstić information content (AvgIpc) is 0. The second kappa shape index (κ2) is 118. The maximum Gasteiger partial charge on any atom is 1.00 e. The Hall–Kier alpha value is 1.72. The first-order valence-corrected chi connectivity index (χ1v) is 0. The van der Waals surface area contributed by atoms with E-state index >= 15 is 0 Å². The maximum absolute atomic E-state index is 0. The molecule has 0 aliphatic heterocycles. The molecule has 4 nitrogen and oxygen atoms in total. The summed E-state index contributed by atoms with van der Waals surface area (Å²) in [6, 6.07) is 0. The van der Waals surface area contributed by atoms with Gasteiger partial charge in [0.2, 0.25) is 0 Å². The molecular weight excluding hydrogens is 262 g/mol. The molecule has 0 aromatic rings. The van der Waals surface area contributed by atoms with Crippen molar-refractivity contribution in [2.24, 2.45) is 0 Å². The molecule has 7 heavy (non-hydrogen) atoms. The van der Waals surface area contributed by atoms with E-state index in [-0.39, 0.29) is 80.7 Å². The van der Waals surface area contributed by atoms with Crippen LogP contribution in [0.2, 0.25) is 0 Å². The molecule has 8 N–H and O–H groups in total. The minimum atomic E-state index is 0. The molecule has 0 aliphatic rings. The monoisotopic (exact) mass is 270 g/mol. The molecule has 0 saturated carbocycles. The summed E-state index contributed by atoms with van der Waals surface area (Å²) in [5.41, 5.74) is 0. The fourth-order valence-corrected chi connectivity index (χ4v) is 0. The van der Waals surface area contributed by atoms with Crippen molar-refractivity contribution in [2.75, 3.05) is 0 Å². The van der Waals surface area contributed by atoms with Crippen LogP contribution in [0, 0.1) is 0 Å². The second-order valence-electron chi connectivity index (χ2n) is 0.